The number of hydrogen-bond donors (Lipinski definition) is 1. The van der Waals surface area contributed by atoms with Gasteiger partial charge >= 0.3 is 0 Å². The summed E-state index contributed by atoms with van der Waals surface area (Å²) in [6, 6.07) is 12.3. The van der Waals surface area contributed by atoms with Crippen LogP contribution in [-0.4, -0.2) is 39.8 Å². The highest BCUT2D eigenvalue weighted by atomic mass is 35.5. The predicted octanol–water partition coefficient (Wildman–Crippen LogP) is 6.13. The molecule has 0 fully saturated rings. The number of methoxy groups -OCH3 is 1. The molecule has 1 atom stereocenters. The minimum absolute atomic E-state index is 0.156. The molecular formula is C23H26Cl2N4O2S2. The van der Waals surface area contributed by atoms with E-state index in [2.05, 4.69) is 15.5 Å². The van der Waals surface area contributed by atoms with Gasteiger partial charge in [-0.2, -0.15) is 11.8 Å². The summed E-state index contributed by atoms with van der Waals surface area (Å²) in [7, 11) is 1.60. The zero-order valence-electron chi connectivity index (χ0n) is 18.7. The minimum Gasteiger partial charge on any atom is -0.497 e. The summed E-state index contributed by atoms with van der Waals surface area (Å²) < 4.78 is 7.23. The van der Waals surface area contributed by atoms with E-state index in [4.69, 9.17) is 27.9 Å². The van der Waals surface area contributed by atoms with E-state index >= 15 is 0 Å². The van der Waals surface area contributed by atoms with Gasteiger partial charge in [0.05, 0.1) is 13.2 Å². The number of nitrogens with zero attached hydrogens (tertiary/aromatic N) is 3. The van der Waals surface area contributed by atoms with Gasteiger partial charge in [0, 0.05) is 27.9 Å². The van der Waals surface area contributed by atoms with Crippen LogP contribution >= 0.6 is 46.7 Å². The SMILES string of the molecule is CCn1c(SCc2ccc(Cl)cc2Cl)nnc1[C@H](CCSC)NC(=O)c1ccc(OC)cc1. The molecule has 0 saturated heterocycles. The Morgan fingerprint density at radius 3 is 2.58 bits per heavy atom. The molecule has 0 aliphatic rings. The first-order chi connectivity index (χ1) is 16.0. The van der Waals surface area contributed by atoms with Gasteiger partial charge in [-0.05, 0) is 67.3 Å². The van der Waals surface area contributed by atoms with E-state index in [9.17, 15) is 4.79 Å². The number of ether oxygens (including phenoxy) is 1. The van der Waals surface area contributed by atoms with Crippen LogP contribution in [0.2, 0.25) is 10.0 Å². The second-order valence-electron chi connectivity index (χ2n) is 7.15. The molecule has 0 aliphatic heterocycles. The molecule has 1 N–H and O–H groups in total. The first kappa shape index (κ1) is 25.7. The van der Waals surface area contributed by atoms with Crippen LogP contribution in [0, 0.1) is 0 Å². The summed E-state index contributed by atoms with van der Waals surface area (Å²) >= 11 is 15.6. The van der Waals surface area contributed by atoms with E-state index < -0.39 is 0 Å². The van der Waals surface area contributed by atoms with Crippen molar-refractivity contribution in [3.63, 3.8) is 0 Å². The highest BCUT2D eigenvalue weighted by Crippen LogP contribution is 2.30. The molecule has 1 aromatic heterocycles. The Labute approximate surface area is 212 Å². The number of thioether (sulfide) groups is 2. The van der Waals surface area contributed by atoms with Gasteiger partial charge in [-0.3, -0.25) is 4.79 Å². The summed E-state index contributed by atoms with van der Waals surface area (Å²) in [4.78, 5) is 12.9. The van der Waals surface area contributed by atoms with Gasteiger partial charge in [-0.1, -0.05) is 41.0 Å². The maximum Gasteiger partial charge on any atom is 0.251 e. The van der Waals surface area contributed by atoms with Crippen LogP contribution in [0.5, 0.6) is 5.75 Å². The Morgan fingerprint density at radius 2 is 1.94 bits per heavy atom. The lowest BCUT2D eigenvalue weighted by molar-refractivity contribution is 0.0933. The molecule has 0 aliphatic carbocycles. The summed E-state index contributed by atoms with van der Waals surface area (Å²) in [5.74, 6) is 2.82. The van der Waals surface area contributed by atoms with Crippen LogP contribution in [0.4, 0.5) is 0 Å². The maximum absolute atomic E-state index is 12.9. The van der Waals surface area contributed by atoms with Crippen molar-refractivity contribution >= 4 is 52.6 Å². The van der Waals surface area contributed by atoms with Crippen molar-refractivity contribution in [3.05, 3.63) is 69.5 Å². The third kappa shape index (κ3) is 6.82. The molecule has 0 saturated carbocycles. The smallest absolute Gasteiger partial charge is 0.251 e. The lowest BCUT2D eigenvalue weighted by Gasteiger charge is -2.19. The molecule has 6 nitrogen and oxygen atoms in total. The van der Waals surface area contributed by atoms with Crippen molar-refractivity contribution in [2.75, 3.05) is 19.1 Å². The molecule has 0 bridgehead atoms. The largest absolute Gasteiger partial charge is 0.497 e. The minimum atomic E-state index is -0.257. The second-order valence-corrected chi connectivity index (χ2v) is 9.92. The fraction of sp³-hybridized carbons (Fsp3) is 0.348. The van der Waals surface area contributed by atoms with Gasteiger partial charge in [0.1, 0.15) is 5.75 Å². The molecule has 1 heterocycles. The van der Waals surface area contributed by atoms with Crippen LogP contribution in [0.1, 0.15) is 41.1 Å². The number of amides is 1. The molecule has 2 aromatic carbocycles. The van der Waals surface area contributed by atoms with E-state index in [0.29, 0.717) is 33.7 Å². The molecule has 10 heteroatoms. The fourth-order valence-electron chi connectivity index (χ4n) is 3.23. The molecule has 1 amide bonds. The summed E-state index contributed by atoms with van der Waals surface area (Å²) in [6.45, 7) is 2.73. The number of carbonyl (C=O) groups excluding carboxylic acids is 1. The van der Waals surface area contributed by atoms with Crippen LogP contribution in [0.25, 0.3) is 0 Å². The number of rotatable bonds is 11. The Morgan fingerprint density at radius 1 is 1.18 bits per heavy atom. The van der Waals surface area contributed by atoms with Gasteiger partial charge < -0.3 is 14.6 Å². The lowest BCUT2D eigenvalue weighted by Crippen LogP contribution is -2.31. The number of halogens is 2. The van der Waals surface area contributed by atoms with Crippen molar-refractivity contribution in [2.45, 2.75) is 36.8 Å². The molecule has 0 unspecified atom stereocenters. The fourth-order valence-corrected chi connectivity index (χ4v) is 5.27. The maximum atomic E-state index is 12.9. The van der Waals surface area contributed by atoms with Crippen molar-refractivity contribution in [1.29, 1.82) is 0 Å². The zero-order chi connectivity index (χ0) is 23.8. The van der Waals surface area contributed by atoms with Gasteiger partial charge in [0.2, 0.25) is 0 Å². The topological polar surface area (TPSA) is 69.0 Å². The molecule has 176 valence electrons. The first-order valence-electron chi connectivity index (χ1n) is 10.4. The molecule has 0 radical (unpaired) electrons. The Kier molecular flexibility index (Phi) is 9.79. The van der Waals surface area contributed by atoms with E-state index in [1.165, 1.54) is 0 Å². The van der Waals surface area contributed by atoms with E-state index in [1.54, 1.807) is 61.0 Å². The molecule has 3 rings (SSSR count). The summed E-state index contributed by atoms with van der Waals surface area (Å²) in [5.41, 5.74) is 1.55. The average Bonchev–Trinajstić information content (AvgIpc) is 3.23. The lowest BCUT2D eigenvalue weighted by atomic mass is 10.1. The van der Waals surface area contributed by atoms with Crippen molar-refractivity contribution in [1.82, 2.24) is 20.1 Å². The number of benzene rings is 2. The Balaban J connectivity index is 1.78. The molecule has 33 heavy (non-hydrogen) atoms. The van der Waals surface area contributed by atoms with Crippen LogP contribution in [-0.2, 0) is 12.3 Å². The van der Waals surface area contributed by atoms with Gasteiger partial charge in [0.25, 0.3) is 5.91 Å². The van der Waals surface area contributed by atoms with Gasteiger partial charge in [0.15, 0.2) is 11.0 Å². The molecular weight excluding hydrogens is 499 g/mol. The van der Waals surface area contributed by atoms with Crippen molar-refractivity contribution in [2.24, 2.45) is 0 Å². The highest BCUT2D eigenvalue weighted by Gasteiger charge is 2.23. The van der Waals surface area contributed by atoms with Gasteiger partial charge in [-0.15, -0.1) is 10.2 Å². The highest BCUT2D eigenvalue weighted by molar-refractivity contribution is 7.98. The average molecular weight is 526 g/mol. The third-order valence-electron chi connectivity index (χ3n) is 5.01. The second kappa shape index (κ2) is 12.6. The van der Waals surface area contributed by atoms with Crippen molar-refractivity contribution < 1.29 is 9.53 Å². The number of hydrogen-bond acceptors (Lipinski definition) is 6. The first-order valence-corrected chi connectivity index (χ1v) is 13.5. The van der Waals surface area contributed by atoms with Crippen LogP contribution in [0.3, 0.4) is 0 Å². The number of carbonyl (C=O) groups is 1. The van der Waals surface area contributed by atoms with E-state index in [0.717, 1.165) is 28.7 Å². The molecule has 0 spiro atoms. The van der Waals surface area contributed by atoms with Gasteiger partial charge in [-0.25, -0.2) is 0 Å². The zero-order valence-corrected chi connectivity index (χ0v) is 21.8. The summed E-state index contributed by atoms with van der Waals surface area (Å²) in [5, 5.41) is 14.0. The molecule has 3 aromatic rings. The standard InChI is InChI=1S/C23H26Cl2N4O2S2/c1-4-29-21(27-28-23(29)33-14-16-5-8-17(24)13-19(16)25)20(11-12-32-3)26-22(30)15-6-9-18(31-2)10-7-15/h5-10,13,20H,4,11-12,14H2,1-3H3,(H,26,30)/t20-/m0/s1. The predicted molar refractivity (Wildman–Crippen MR) is 138 cm³/mol. The third-order valence-corrected chi connectivity index (χ3v) is 7.26. The quantitative estimate of drug-likeness (QED) is 0.304. The van der Waals surface area contributed by atoms with Crippen LogP contribution in [0.15, 0.2) is 47.6 Å². The Bertz CT molecular complexity index is 1080. The van der Waals surface area contributed by atoms with E-state index in [-0.39, 0.29) is 11.9 Å². The van der Waals surface area contributed by atoms with Crippen LogP contribution < -0.4 is 10.1 Å². The Hall–Kier alpha value is -1.87. The number of aromatic nitrogens is 3. The summed E-state index contributed by atoms with van der Waals surface area (Å²) in [6.07, 6.45) is 2.79. The monoisotopic (exact) mass is 524 g/mol. The normalized spacial score (nSPS) is 11.9. The van der Waals surface area contributed by atoms with E-state index in [1.807, 2.05) is 29.9 Å². The number of nitrogens with one attached hydrogen (secondary N) is 1. The van der Waals surface area contributed by atoms with Crippen molar-refractivity contribution in [3.8, 4) is 5.75 Å².